The molecule has 0 bridgehead atoms. The van der Waals surface area contributed by atoms with Gasteiger partial charge in [0.15, 0.2) is 11.5 Å². The molecule has 3 aromatic rings. The SMILES string of the molecule is COc1ccc(OC)c(/C=N\NC(=O)c2cc3cc(OC)c(OC)cc3[nH]2)c1. The van der Waals surface area contributed by atoms with Crippen molar-refractivity contribution < 1.29 is 23.7 Å². The minimum absolute atomic E-state index is 0.361. The van der Waals surface area contributed by atoms with Crippen LogP contribution in [0.1, 0.15) is 16.1 Å². The fourth-order valence-electron chi connectivity index (χ4n) is 2.74. The first kappa shape index (κ1) is 19.1. The van der Waals surface area contributed by atoms with Crippen LogP contribution < -0.4 is 24.4 Å². The maximum absolute atomic E-state index is 12.4. The Kier molecular flexibility index (Phi) is 5.69. The molecule has 146 valence electrons. The molecule has 2 aromatic carbocycles. The summed E-state index contributed by atoms with van der Waals surface area (Å²) in [5, 5.41) is 4.83. The van der Waals surface area contributed by atoms with Crippen molar-refractivity contribution in [1.29, 1.82) is 0 Å². The third-order valence-corrected chi connectivity index (χ3v) is 4.18. The Balaban J connectivity index is 1.79. The first-order valence-electron chi connectivity index (χ1n) is 8.39. The highest BCUT2D eigenvalue weighted by Crippen LogP contribution is 2.32. The summed E-state index contributed by atoms with van der Waals surface area (Å²) in [6.07, 6.45) is 1.49. The van der Waals surface area contributed by atoms with E-state index in [-0.39, 0.29) is 5.91 Å². The number of amides is 1. The fraction of sp³-hybridized carbons (Fsp3) is 0.200. The van der Waals surface area contributed by atoms with Gasteiger partial charge >= 0.3 is 0 Å². The van der Waals surface area contributed by atoms with Crippen molar-refractivity contribution >= 4 is 23.0 Å². The molecule has 0 unspecified atom stereocenters. The van der Waals surface area contributed by atoms with Gasteiger partial charge in [0.1, 0.15) is 17.2 Å². The van der Waals surface area contributed by atoms with E-state index in [1.807, 2.05) is 0 Å². The average molecular weight is 383 g/mol. The van der Waals surface area contributed by atoms with Crippen LogP contribution in [0.15, 0.2) is 41.5 Å². The number of rotatable bonds is 7. The molecule has 0 radical (unpaired) electrons. The van der Waals surface area contributed by atoms with Crippen molar-refractivity contribution in [3.05, 3.63) is 47.7 Å². The largest absolute Gasteiger partial charge is 0.497 e. The van der Waals surface area contributed by atoms with E-state index in [0.717, 1.165) is 10.9 Å². The van der Waals surface area contributed by atoms with E-state index >= 15 is 0 Å². The molecule has 0 atom stereocenters. The van der Waals surface area contributed by atoms with Crippen LogP contribution in [-0.4, -0.2) is 45.5 Å². The van der Waals surface area contributed by atoms with Gasteiger partial charge in [0.05, 0.1) is 34.7 Å². The highest BCUT2D eigenvalue weighted by Gasteiger charge is 2.12. The molecule has 28 heavy (non-hydrogen) atoms. The quantitative estimate of drug-likeness (QED) is 0.483. The number of hydrogen-bond acceptors (Lipinski definition) is 6. The summed E-state index contributed by atoms with van der Waals surface area (Å²) in [5.41, 5.74) is 4.28. The van der Waals surface area contributed by atoms with Crippen LogP contribution in [0.5, 0.6) is 23.0 Å². The topological polar surface area (TPSA) is 94.2 Å². The summed E-state index contributed by atoms with van der Waals surface area (Å²) in [6, 6.07) is 10.6. The van der Waals surface area contributed by atoms with Gasteiger partial charge in [-0.1, -0.05) is 0 Å². The number of hydrazone groups is 1. The average Bonchev–Trinajstić information content (AvgIpc) is 3.15. The van der Waals surface area contributed by atoms with E-state index in [2.05, 4.69) is 15.5 Å². The van der Waals surface area contributed by atoms with Crippen molar-refractivity contribution in [3.63, 3.8) is 0 Å². The van der Waals surface area contributed by atoms with Gasteiger partial charge in [0, 0.05) is 22.5 Å². The van der Waals surface area contributed by atoms with Gasteiger partial charge in [0.2, 0.25) is 0 Å². The maximum atomic E-state index is 12.4. The number of H-pyrrole nitrogens is 1. The molecule has 8 heteroatoms. The number of methoxy groups -OCH3 is 4. The molecule has 0 saturated carbocycles. The summed E-state index contributed by atoms with van der Waals surface area (Å²) in [7, 11) is 6.25. The van der Waals surface area contributed by atoms with Gasteiger partial charge in [-0.2, -0.15) is 5.10 Å². The molecule has 0 aliphatic rings. The van der Waals surface area contributed by atoms with Crippen LogP contribution in [0.2, 0.25) is 0 Å². The molecule has 1 heterocycles. The molecule has 1 aromatic heterocycles. The van der Waals surface area contributed by atoms with Gasteiger partial charge in [-0.25, -0.2) is 5.43 Å². The van der Waals surface area contributed by atoms with Gasteiger partial charge in [-0.15, -0.1) is 0 Å². The van der Waals surface area contributed by atoms with E-state index < -0.39 is 0 Å². The third kappa shape index (κ3) is 3.85. The molecule has 1 amide bonds. The third-order valence-electron chi connectivity index (χ3n) is 4.18. The monoisotopic (exact) mass is 383 g/mol. The number of aromatic amines is 1. The van der Waals surface area contributed by atoms with E-state index in [4.69, 9.17) is 18.9 Å². The molecular formula is C20H21N3O5. The van der Waals surface area contributed by atoms with Crippen molar-refractivity contribution in [2.75, 3.05) is 28.4 Å². The van der Waals surface area contributed by atoms with E-state index in [9.17, 15) is 4.79 Å². The van der Waals surface area contributed by atoms with Crippen LogP contribution in [0.25, 0.3) is 10.9 Å². The molecule has 3 rings (SSSR count). The molecule has 0 saturated heterocycles. The summed E-state index contributed by atoms with van der Waals surface area (Å²) in [5.74, 6) is 2.05. The lowest BCUT2D eigenvalue weighted by Gasteiger charge is -2.06. The molecule has 0 aliphatic carbocycles. The Morgan fingerprint density at radius 2 is 1.64 bits per heavy atom. The second-order valence-corrected chi connectivity index (χ2v) is 5.78. The van der Waals surface area contributed by atoms with Crippen LogP contribution in [0.3, 0.4) is 0 Å². The van der Waals surface area contributed by atoms with Crippen LogP contribution in [-0.2, 0) is 0 Å². The molecular weight excluding hydrogens is 362 g/mol. The Labute approximate surface area is 162 Å². The predicted octanol–water partition coefficient (Wildman–Crippen LogP) is 2.97. The number of fused-ring (bicyclic) bond motifs is 1. The lowest BCUT2D eigenvalue weighted by atomic mass is 10.2. The Hall–Kier alpha value is -3.68. The number of hydrogen-bond donors (Lipinski definition) is 2. The Bertz CT molecular complexity index is 985. The molecule has 0 aliphatic heterocycles. The Morgan fingerprint density at radius 1 is 0.929 bits per heavy atom. The van der Waals surface area contributed by atoms with Gasteiger partial charge < -0.3 is 23.9 Å². The number of nitrogens with zero attached hydrogens (tertiary/aromatic N) is 1. The van der Waals surface area contributed by atoms with Gasteiger partial charge in [0.25, 0.3) is 5.91 Å². The zero-order valence-electron chi connectivity index (χ0n) is 16.0. The normalized spacial score (nSPS) is 10.9. The zero-order chi connectivity index (χ0) is 20.1. The van der Waals surface area contributed by atoms with E-state index in [0.29, 0.717) is 34.3 Å². The lowest BCUT2D eigenvalue weighted by Crippen LogP contribution is -2.17. The number of benzene rings is 2. The standard InChI is InChI=1S/C20H21N3O5/c1-25-14-5-6-17(26-2)13(7-14)11-21-23-20(24)16-8-12-9-18(27-3)19(28-4)10-15(12)22-16/h5-11,22H,1-4H3,(H,23,24)/b21-11-. The molecule has 8 nitrogen and oxygen atoms in total. The van der Waals surface area contributed by atoms with E-state index in [1.165, 1.54) is 6.21 Å². The highest BCUT2D eigenvalue weighted by atomic mass is 16.5. The number of carbonyl (C=O) groups excluding carboxylic acids is 1. The number of aromatic nitrogens is 1. The summed E-state index contributed by atoms with van der Waals surface area (Å²) in [6.45, 7) is 0. The molecule has 0 fully saturated rings. The van der Waals surface area contributed by atoms with E-state index in [1.54, 1.807) is 64.8 Å². The van der Waals surface area contributed by atoms with Crippen LogP contribution in [0, 0.1) is 0 Å². The molecule has 0 spiro atoms. The molecule has 2 N–H and O–H groups in total. The first-order valence-corrected chi connectivity index (χ1v) is 8.39. The Morgan fingerprint density at radius 3 is 2.32 bits per heavy atom. The lowest BCUT2D eigenvalue weighted by molar-refractivity contribution is 0.0951. The van der Waals surface area contributed by atoms with Crippen LogP contribution in [0.4, 0.5) is 0 Å². The number of nitrogens with one attached hydrogen (secondary N) is 2. The van der Waals surface area contributed by atoms with Gasteiger partial charge in [-0.3, -0.25) is 4.79 Å². The summed E-state index contributed by atoms with van der Waals surface area (Å²) in [4.78, 5) is 15.5. The number of ether oxygens (including phenoxy) is 4. The second kappa shape index (κ2) is 8.34. The maximum Gasteiger partial charge on any atom is 0.287 e. The first-order chi connectivity index (χ1) is 13.6. The zero-order valence-corrected chi connectivity index (χ0v) is 16.0. The fourth-order valence-corrected chi connectivity index (χ4v) is 2.74. The van der Waals surface area contributed by atoms with Crippen molar-refractivity contribution in [3.8, 4) is 23.0 Å². The van der Waals surface area contributed by atoms with Gasteiger partial charge in [-0.05, 0) is 30.3 Å². The second-order valence-electron chi connectivity index (χ2n) is 5.78. The highest BCUT2D eigenvalue weighted by molar-refractivity contribution is 5.99. The predicted molar refractivity (Wildman–Crippen MR) is 106 cm³/mol. The van der Waals surface area contributed by atoms with Crippen LogP contribution >= 0.6 is 0 Å². The summed E-state index contributed by atoms with van der Waals surface area (Å²) < 4.78 is 21.0. The smallest absolute Gasteiger partial charge is 0.287 e. The van der Waals surface area contributed by atoms with Crippen molar-refractivity contribution in [2.45, 2.75) is 0 Å². The van der Waals surface area contributed by atoms with Crippen molar-refractivity contribution in [1.82, 2.24) is 10.4 Å². The summed E-state index contributed by atoms with van der Waals surface area (Å²) >= 11 is 0. The number of carbonyl (C=O) groups is 1. The van der Waals surface area contributed by atoms with Crippen molar-refractivity contribution in [2.24, 2.45) is 5.10 Å². The minimum Gasteiger partial charge on any atom is -0.497 e. The minimum atomic E-state index is -0.382.